The van der Waals surface area contributed by atoms with Crippen LogP contribution in [0.25, 0.3) is 16.8 Å². The number of nitrogens with zero attached hydrogens (tertiary/aromatic N) is 1. The molecule has 0 saturated carbocycles. The molecule has 5 rings (SSSR count). The van der Waals surface area contributed by atoms with E-state index in [1.807, 2.05) is 44.2 Å². The maximum absolute atomic E-state index is 13.4. The molecule has 0 radical (unpaired) electrons. The second kappa shape index (κ2) is 10.4. The Morgan fingerprint density at radius 1 is 0.947 bits per heavy atom. The van der Waals surface area contributed by atoms with E-state index in [0.29, 0.717) is 22.0 Å². The summed E-state index contributed by atoms with van der Waals surface area (Å²) < 4.78 is 7.04. The number of anilines is 1. The molecule has 1 heterocycles. The fourth-order valence-electron chi connectivity index (χ4n) is 4.37. The summed E-state index contributed by atoms with van der Waals surface area (Å²) in [7, 11) is 0. The van der Waals surface area contributed by atoms with Gasteiger partial charge in [-0.25, -0.2) is 9.69 Å². The summed E-state index contributed by atoms with van der Waals surface area (Å²) in [6, 6.07) is 21.4. The molecule has 0 aliphatic carbocycles. The first kappa shape index (κ1) is 25.7. The molecule has 0 unspecified atom stereocenters. The van der Waals surface area contributed by atoms with Crippen LogP contribution in [0.4, 0.5) is 10.5 Å². The number of rotatable bonds is 5. The van der Waals surface area contributed by atoms with Crippen molar-refractivity contribution >= 4 is 67.9 Å². The van der Waals surface area contributed by atoms with Crippen LogP contribution in [0.3, 0.4) is 0 Å². The van der Waals surface area contributed by atoms with E-state index in [9.17, 15) is 14.4 Å². The molecule has 4 aromatic carbocycles. The summed E-state index contributed by atoms with van der Waals surface area (Å²) in [5.41, 5.74) is 3.53. The van der Waals surface area contributed by atoms with Gasteiger partial charge >= 0.3 is 6.03 Å². The summed E-state index contributed by atoms with van der Waals surface area (Å²) in [6.45, 7) is 4.14. The van der Waals surface area contributed by atoms with Gasteiger partial charge in [-0.2, -0.15) is 0 Å². The normalized spacial score (nSPS) is 14.8. The smallest absolute Gasteiger partial charge is 0.335 e. The summed E-state index contributed by atoms with van der Waals surface area (Å²) in [5, 5.41) is 4.85. The van der Waals surface area contributed by atoms with Crippen molar-refractivity contribution in [2.75, 3.05) is 4.90 Å². The van der Waals surface area contributed by atoms with Crippen molar-refractivity contribution in [2.45, 2.75) is 20.5 Å². The van der Waals surface area contributed by atoms with Crippen LogP contribution in [0.15, 0.2) is 82.8 Å². The summed E-state index contributed by atoms with van der Waals surface area (Å²) in [5.74, 6) is -1.09. The third-order valence-electron chi connectivity index (χ3n) is 6.42. The molecule has 4 amide bonds. The van der Waals surface area contributed by atoms with Crippen LogP contribution in [-0.4, -0.2) is 17.8 Å². The van der Waals surface area contributed by atoms with Crippen LogP contribution in [0.2, 0.25) is 5.02 Å². The van der Waals surface area contributed by atoms with E-state index in [0.717, 1.165) is 36.8 Å². The minimum Gasteiger partial charge on any atom is -0.488 e. The number of barbiturate groups is 1. The Morgan fingerprint density at radius 2 is 1.74 bits per heavy atom. The number of benzene rings is 4. The number of halogens is 2. The summed E-state index contributed by atoms with van der Waals surface area (Å²) in [6.07, 6.45) is 1.40. The van der Waals surface area contributed by atoms with Crippen LogP contribution < -0.4 is 15.0 Å². The molecule has 190 valence electrons. The molecule has 0 aromatic heterocycles. The van der Waals surface area contributed by atoms with Crippen molar-refractivity contribution in [3.05, 3.63) is 110 Å². The predicted octanol–water partition coefficient (Wildman–Crippen LogP) is 7.12. The largest absolute Gasteiger partial charge is 0.488 e. The van der Waals surface area contributed by atoms with Gasteiger partial charge in [0.25, 0.3) is 11.8 Å². The molecule has 4 aromatic rings. The number of imide groups is 2. The number of hydrogen-bond donors (Lipinski definition) is 1. The van der Waals surface area contributed by atoms with Gasteiger partial charge in [0.2, 0.25) is 0 Å². The lowest BCUT2D eigenvalue weighted by Crippen LogP contribution is -2.54. The average Bonchev–Trinajstić information content (AvgIpc) is 2.89. The third kappa shape index (κ3) is 4.95. The van der Waals surface area contributed by atoms with Crippen LogP contribution in [0.1, 0.15) is 22.3 Å². The Balaban J connectivity index is 1.50. The van der Waals surface area contributed by atoms with Crippen molar-refractivity contribution in [3.8, 4) is 5.75 Å². The second-order valence-electron chi connectivity index (χ2n) is 8.94. The van der Waals surface area contributed by atoms with E-state index >= 15 is 0 Å². The molecule has 0 spiro atoms. The van der Waals surface area contributed by atoms with Crippen molar-refractivity contribution in [3.63, 3.8) is 0 Å². The monoisotopic (exact) mass is 588 g/mol. The van der Waals surface area contributed by atoms with Gasteiger partial charge in [-0.15, -0.1) is 0 Å². The SMILES string of the molecule is Cc1cc(N2C(=O)NC(=O)/C(=C/c3cc(Cl)ccc3OCc3c(C)ccc4ccccc34)C2=O)ccc1Br. The first-order valence-corrected chi connectivity index (χ1v) is 13.0. The number of urea groups is 1. The average molecular weight is 590 g/mol. The highest BCUT2D eigenvalue weighted by atomic mass is 79.9. The predicted molar refractivity (Wildman–Crippen MR) is 152 cm³/mol. The maximum atomic E-state index is 13.4. The van der Waals surface area contributed by atoms with Gasteiger partial charge in [-0.3, -0.25) is 14.9 Å². The van der Waals surface area contributed by atoms with Gasteiger partial charge in [0, 0.05) is 20.6 Å². The van der Waals surface area contributed by atoms with Gasteiger partial charge in [-0.05, 0) is 78.2 Å². The topological polar surface area (TPSA) is 75.7 Å². The lowest BCUT2D eigenvalue weighted by atomic mass is 10.0. The number of ether oxygens (including phenoxy) is 1. The minimum atomic E-state index is -0.812. The minimum absolute atomic E-state index is 0.210. The zero-order valence-corrected chi connectivity index (χ0v) is 22.9. The summed E-state index contributed by atoms with van der Waals surface area (Å²) in [4.78, 5) is 39.7. The molecule has 1 fully saturated rings. The van der Waals surface area contributed by atoms with E-state index in [2.05, 4.69) is 27.3 Å². The number of fused-ring (bicyclic) bond motifs is 1. The molecule has 1 N–H and O–H groups in total. The van der Waals surface area contributed by atoms with E-state index in [1.165, 1.54) is 6.08 Å². The second-order valence-corrected chi connectivity index (χ2v) is 10.2. The number of hydrogen-bond acceptors (Lipinski definition) is 4. The number of amides is 4. The highest BCUT2D eigenvalue weighted by Gasteiger charge is 2.37. The van der Waals surface area contributed by atoms with Crippen molar-refractivity contribution in [2.24, 2.45) is 0 Å². The zero-order chi connectivity index (χ0) is 27.0. The van der Waals surface area contributed by atoms with Gasteiger partial charge in [-0.1, -0.05) is 63.9 Å². The van der Waals surface area contributed by atoms with Crippen molar-refractivity contribution < 1.29 is 19.1 Å². The number of carbonyl (C=O) groups is 3. The van der Waals surface area contributed by atoms with Crippen LogP contribution in [-0.2, 0) is 16.2 Å². The Bertz CT molecular complexity index is 1660. The molecule has 6 nitrogen and oxygen atoms in total. The zero-order valence-electron chi connectivity index (χ0n) is 20.5. The molecule has 1 aliphatic heterocycles. The van der Waals surface area contributed by atoms with Gasteiger partial charge in [0.1, 0.15) is 17.9 Å². The number of aryl methyl sites for hydroxylation is 2. The fraction of sp³-hybridized carbons (Fsp3) is 0.100. The number of nitrogens with one attached hydrogen (secondary N) is 1. The van der Waals surface area contributed by atoms with Gasteiger partial charge in [0.15, 0.2) is 0 Å². The molecule has 0 bridgehead atoms. The lowest BCUT2D eigenvalue weighted by Gasteiger charge is -2.27. The van der Waals surface area contributed by atoms with Crippen molar-refractivity contribution in [1.29, 1.82) is 0 Å². The highest BCUT2D eigenvalue weighted by Crippen LogP contribution is 2.31. The van der Waals surface area contributed by atoms with Gasteiger partial charge < -0.3 is 4.74 Å². The van der Waals surface area contributed by atoms with Crippen molar-refractivity contribution in [1.82, 2.24) is 5.32 Å². The summed E-state index contributed by atoms with van der Waals surface area (Å²) >= 11 is 9.69. The molecule has 1 saturated heterocycles. The number of carbonyl (C=O) groups excluding carboxylic acids is 3. The molecule has 1 aliphatic rings. The molecular formula is C30H22BrClN2O4. The Hall–Kier alpha value is -3.94. The first-order chi connectivity index (χ1) is 18.2. The molecule has 38 heavy (non-hydrogen) atoms. The lowest BCUT2D eigenvalue weighted by molar-refractivity contribution is -0.122. The van der Waals surface area contributed by atoms with Crippen LogP contribution in [0.5, 0.6) is 5.75 Å². The third-order valence-corrected chi connectivity index (χ3v) is 7.54. The Kier molecular flexibility index (Phi) is 7.06. The van der Waals surface area contributed by atoms with E-state index in [-0.39, 0.29) is 12.2 Å². The maximum Gasteiger partial charge on any atom is 0.335 e. The Morgan fingerprint density at radius 3 is 2.53 bits per heavy atom. The Labute approximate surface area is 233 Å². The molecule has 0 atom stereocenters. The quantitative estimate of drug-likeness (QED) is 0.199. The van der Waals surface area contributed by atoms with E-state index in [1.54, 1.807) is 36.4 Å². The molecular weight excluding hydrogens is 568 g/mol. The van der Waals surface area contributed by atoms with Gasteiger partial charge in [0.05, 0.1) is 5.69 Å². The van der Waals surface area contributed by atoms with Crippen LogP contribution in [0, 0.1) is 13.8 Å². The van der Waals surface area contributed by atoms with E-state index in [4.69, 9.17) is 16.3 Å². The fourth-order valence-corrected chi connectivity index (χ4v) is 4.79. The first-order valence-electron chi connectivity index (χ1n) is 11.8. The van der Waals surface area contributed by atoms with Crippen LogP contribution >= 0.6 is 27.5 Å². The van der Waals surface area contributed by atoms with E-state index < -0.39 is 17.8 Å². The molecule has 8 heteroatoms. The highest BCUT2D eigenvalue weighted by molar-refractivity contribution is 9.10. The standard InChI is InChI=1S/C30H22BrClN2O4/c1-17-7-8-19-5-3-4-6-23(19)25(17)16-38-27-12-9-21(32)14-20(27)15-24-28(35)33-30(37)34(29(24)36)22-10-11-26(31)18(2)13-22/h3-15H,16H2,1-2H3,(H,33,35,37)/b24-15-.